The largest absolute Gasteiger partial charge is 0.326 e. The van der Waals surface area contributed by atoms with E-state index >= 15 is 0 Å². The summed E-state index contributed by atoms with van der Waals surface area (Å²) in [6.07, 6.45) is 3.60. The molecule has 0 bridgehead atoms. The van der Waals surface area contributed by atoms with Gasteiger partial charge in [0.2, 0.25) is 5.91 Å². The summed E-state index contributed by atoms with van der Waals surface area (Å²) in [6, 6.07) is 15.2. The van der Waals surface area contributed by atoms with Crippen molar-refractivity contribution in [3.63, 3.8) is 0 Å². The highest BCUT2D eigenvalue weighted by atomic mass is 32.1. The van der Waals surface area contributed by atoms with E-state index in [0.29, 0.717) is 6.42 Å². The number of anilines is 1. The van der Waals surface area contributed by atoms with E-state index in [4.69, 9.17) is 0 Å². The molecule has 0 unspecified atom stereocenters. The third-order valence-electron chi connectivity index (χ3n) is 3.76. The summed E-state index contributed by atoms with van der Waals surface area (Å²) >= 11 is 1.59. The lowest BCUT2D eigenvalue weighted by Crippen LogP contribution is -2.14. The van der Waals surface area contributed by atoms with E-state index in [2.05, 4.69) is 25.8 Å². The maximum atomic E-state index is 12.3. The van der Waals surface area contributed by atoms with Crippen LogP contribution in [0.2, 0.25) is 0 Å². The predicted molar refractivity (Wildman–Crippen MR) is 99.0 cm³/mol. The molecule has 7 nitrogen and oxygen atoms in total. The molecule has 0 spiro atoms. The topological polar surface area (TPSA) is 85.6 Å². The van der Waals surface area contributed by atoms with Crippen LogP contribution in [0.3, 0.4) is 0 Å². The lowest BCUT2D eigenvalue weighted by Gasteiger charge is -2.07. The summed E-state index contributed by atoms with van der Waals surface area (Å²) in [5.41, 5.74) is 3.56. The molecule has 0 aliphatic carbocycles. The van der Waals surface area contributed by atoms with Crippen LogP contribution >= 0.6 is 11.3 Å². The van der Waals surface area contributed by atoms with Crippen molar-refractivity contribution < 1.29 is 4.79 Å². The van der Waals surface area contributed by atoms with Gasteiger partial charge in [0.15, 0.2) is 0 Å². The van der Waals surface area contributed by atoms with Crippen LogP contribution < -0.4 is 5.32 Å². The average molecular weight is 362 g/mol. The molecule has 26 heavy (non-hydrogen) atoms. The minimum absolute atomic E-state index is 0.0674. The zero-order chi connectivity index (χ0) is 17.8. The summed E-state index contributed by atoms with van der Waals surface area (Å²) in [5, 5.41) is 16.9. The van der Waals surface area contributed by atoms with Gasteiger partial charge in [-0.05, 0) is 52.4 Å². The Morgan fingerprint density at radius 1 is 1.08 bits per heavy atom. The van der Waals surface area contributed by atoms with Crippen molar-refractivity contribution in [3.8, 4) is 16.3 Å². The minimum atomic E-state index is -0.0674. The first-order chi connectivity index (χ1) is 12.8. The highest BCUT2D eigenvalue weighted by Crippen LogP contribution is 2.23. The van der Waals surface area contributed by atoms with Gasteiger partial charge in [0.25, 0.3) is 0 Å². The fourth-order valence-corrected chi connectivity index (χ4v) is 3.14. The van der Waals surface area contributed by atoms with Gasteiger partial charge in [0.1, 0.15) is 11.3 Å². The van der Waals surface area contributed by atoms with E-state index in [0.717, 1.165) is 27.5 Å². The van der Waals surface area contributed by atoms with Crippen LogP contribution in [0.25, 0.3) is 16.3 Å². The van der Waals surface area contributed by atoms with Crippen LogP contribution in [0.1, 0.15) is 5.56 Å². The lowest BCUT2D eigenvalue weighted by atomic mass is 10.1. The van der Waals surface area contributed by atoms with Gasteiger partial charge in [0, 0.05) is 22.8 Å². The van der Waals surface area contributed by atoms with Crippen molar-refractivity contribution in [1.82, 2.24) is 25.2 Å². The summed E-state index contributed by atoms with van der Waals surface area (Å²) in [6.45, 7) is 0. The first-order valence-electron chi connectivity index (χ1n) is 7.90. The molecular weight excluding hydrogens is 348 g/mol. The number of hydrogen-bond donors (Lipinski definition) is 1. The van der Waals surface area contributed by atoms with E-state index in [1.54, 1.807) is 22.2 Å². The van der Waals surface area contributed by atoms with Crippen molar-refractivity contribution in [2.75, 3.05) is 5.32 Å². The highest BCUT2D eigenvalue weighted by molar-refractivity contribution is 7.13. The first kappa shape index (κ1) is 16.1. The number of aromatic nitrogens is 5. The average Bonchev–Trinajstić information content (AvgIpc) is 3.37. The summed E-state index contributed by atoms with van der Waals surface area (Å²) < 4.78 is 1.56. The molecular formula is C18H14N6OS. The molecule has 0 radical (unpaired) electrons. The van der Waals surface area contributed by atoms with E-state index in [9.17, 15) is 4.79 Å². The minimum Gasteiger partial charge on any atom is -0.326 e. The molecule has 4 aromatic rings. The third-order valence-corrected chi connectivity index (χ3v) is 4.58. The predicted octanol–water partition coefficient (Wildman–Crippen LogP) is 2.97. The third kappa shape index (κ3) is 3.65. The molecule has 4 rings (SSSR count). The molecule has 2 aromatic carbocycles. The number of amides is 1. The van der Waals surface area contributed by atoms with Crippen LogP contribution in [0.4, 0.5) is 5.69 Å². The van der Waals surface area contributed by atoms with Crippen LogP contribution in [0, 0.1) is 0 Å². The lowest BCUT2D eigenvalue weighted by molar-refractivity contribution is -0.115. The van der Waals surface area contributed by atoms with Crippen LogP contribution in [0.5, 0.6) is 0 Å². The monoisotopic (exact) mass is 362 g/mol. The zero-order valence-corrected chi connectivity index (χ0v) is 14.4. The maximum absolute atomic E-state index is 12.3. The van der Waals surface area contributed by atoms with E-state index in [-0.39, 0.29) is 5.91 Å². The van der Waals surface area contributed by atoms with Crippen molar-refractivity contribution in [3.05, 3.63) is 72.0 Å². The Morgan fingerprint density at radius 2 is 1.88 bits per heavy atom. The normalized spacial score (nSPS) is 10.6. The van der Waals surface area contributed by atoms with Crippen LogP contribution in [0.15, 0.2) is 66.4 Å². The number of thiazole rings is 1. The molecule has 2 heterocycles. The second-order valence-electron chi connectivity index (χ2n) is 5.56. The molecule has 0 fully saturated rings. The molecule has 8 heteroatoms. The summed E-state index contributed by atoms with van der Waals surface area (Å²) in [5.74, 6) is -0.0674. The van der Waals surface area contributed by atoms with Gasteiger partial charge in [-0.2, -0.15) is 0 Å². The molecule has 128 valence electrons. The Morgan fingerprint density at radius 3 is 2.54 bits per heavy atom. The number of nitrogens with zero attached hydrogens (tertiary/aromatic N) is 5. The Balaban J connectivity index is 1.38. The van der Waals surface area contributed by atoms with Gasteiger partial charge in [-0.1, -0.05) is 12.1 Å². The number of carbonyl (C=O) groups excluding carboxylic acids is 1. The van der Waals surface area contributed by atoms with E-state index in [1.807, 2.05) is 53.9 Å². The van der Waals surface area contributed by atoms with Gasteiger partial charge >= 0.3 is 0 Å². The Kier molecular flexibility index (Phi) is 4.48. The second kappa shape index (κ2) is 7.24. The van der Waals surface area contributed by atoms with Crippen LogP contribution in [-0.4, -0.2) is 31.1 Å². The van der Waals surface area contributed by atoms with Crippen molar-refractivity contribution in [2.45, 2.75) is 6.42 Å². The second-order valence-corrected chi connectivity index (χ2v) is 6.45. The van der Waals surface area contributed by atoms with Gasteiger partial charge in [-0.3, -0.25) is 4.79 Å². The maximum Gasteiger partial charge on any atom is 0.228 e. The Hall–Kier alpha value is -3.39. The van der Waals surface area contributed by atoms with Gasteiger partial charge in [-0.15, -0.1) is 16.4 Å². The summed E-state index contributed by atoms with van der Waals surface area (Å²) in [4.78, 5) is 16.5. The SMILES string of the molecule is O=C(Cc1ccc(-n2cnnn2)cc1)Nc1ccc(-c2nccs2)cc1. The zero-order valence-electron chi connectivity index (χ0n) is 13.6. The van der Waals surface area contributed by atoms with E-state index in [1.165, 1.54) is 6.33 Å². The van der Waals surface area contributed by atoms with Crippen molar-refractivity contribution in [1.29, 1.82) is 0 Å². The van der Waals surface area contributed by atoms with Gasteiger partial charge < -0.3 is 5.32 Å². The van der Waals surface area contributed by atoms with Crippen molar-refractivity contribution in [2.24, 2.45) is 0 Å². The molecule has 1 N–H and O–H groups in total. The number of tetrazole rings is 1. The van der Waals surface area contributed by atoms with Crippen molar-refractivity contribution >= 4 is 22.9 Å². The van der Waals surface area contributed by atoms with Crippen LogP contribution in [-0.2, 0) is 11.2 Å². The molecule has 0 atom stereocenters. The number of rotatable bonds is 5. The quantitative estimate of drug-likeness (QED) is 0.590. The number of hydrogen-bond acceptors (Lipinski definition) is 6. The Labute approximate surface area is 153 Å². The molecule has 0 aliphatic rings. The molecule has 0 aliphatic heterocycles. The van der Waals surface area contributed by atoms with Gasteiger partial charge in [0.05, 0.1) is 12.1 Å². The number of nitrogens with one attached hydrogen (secondary N) is 1. The fourth-order valence-electron chi connectivity index (χ4n) is 2.50. The number of benzene rings is 2. The number of carbonyl (C=O) groups is 1. The standard InChI is InChI=1S/C18H14N6OS/c25-17(11-13-1-7-16(8-2-13)24-12-20-22-23-24)21-15-5-3-14(4-6-15)18-19-9-10-26-18/h1-10,12H,11H2,(H,21,25). The smallest absolute Gasteiger partial charge is 0.228 e. The molecule has 1 amide bonds. The molecule has 0 saturated heterocycles. The fraction of sp³-hybridized carbons (Fsp3) is 0.0556. The highest BCUT2D eigenvalue weighted by Gasteiger charge is 2.06. The first-order valence-corrected chi connectivity index (χ1v) is 8.78. The van der Waals surface area contributed by atoms with E-state index < -0.39 is 0 Å². The Bertz CT molecular complexity index is 898. The van der Waals surface area contributed by atoms with Gasteiger partial charge in [-0.25, -0.2) is 9.67 Å². The molecule has 2 aromatic heterocycles. The molecule has 0 saturated carbocycles. The summed E-state index contributed by atoms with van der Waals surface area (Å²) in [7, 11) is 0.